The van der Waals surface area contributed by atoms with Gasteiger partial charge in [0.25, 0.3) is 0 Å². The van der Waals surface area contributed by atoms with E-state index in [0.717, 1.165) is 4.89 Å². The van der Waals surface area contributed by atoms with Crippen molar-refractivity contribution in [3.05, 3.63) is 0 Å². The maximum absolute atomic E-state index is 5.43. The Morgan fingerprint density at radius 1 is 1.60 bits per heavy atom. The Kier molecular flexibility index (Phi) is 0.973. The summed E-state index contributed by atoms with van der Waals surface area (Å²) in [5, 5.41) is 0. The summed E-state index contributed by atoms with van der Waals surface area (Å²) in [7, 11) is 0. The van der Waals surface area contributed by atoms with Crippen molar-refractivity contribution in [3.63, 3.8) is 0 Å². The number of hydrogen-bond acceptors (Lipinski definition) is 0. The van der Waals surface area contributed by atoms with Gasteiger partial charge < -0.3 is 0 Å². The normalized spacial score (nSPS) is 31.6. The summed E-state index contributed by atoms with van der Waals surface area (Å²) >= 11 is 11.5. The van der Waals surface area contributed by atoms with Crippen molar-refractivity contribution in [2.24, 2.45) is 0 Å². The molecule has 1 heterocycles. The molecule has 5 heavy (non-hydrogen) atoms. The van der Waals surface area contributed by atoms with Crippen LogP contribution in [0.1, 0.15) is 0 Å². The molecule has 0 aromatic heterocycles. The van der Waals surface area contributed by atoms with Crippen molar-refractivity contribution < 1.29 is 18.0 Å². The second-order valence-corrected chi connectivity index (χ2v) is 5.55. The fourth-order valence-corrected chi connectivity index (χ4v) is 0.750. The van der Waals surface area contributed by atoms with E-state index < -0.39 is 0 Å². The van der Waals surface area contributed by atoms with Crippen LogP contribution in [0.15, 0.2) is 0 Å². The number of hydrogen-bond donors (Lipinski definition) is 0. The van der Waals surface area contributed by atoms with E-state index in [4.69, 9.17) is 23.2 Å². The summed E-state index contributed by atoms with van der Waals surface area (Å²) in [5.74, 6) is 0. The predicted octanol–water partition coefficient (Wildman–Crippen LogP) is 1.63. The minimum atomic E-state index is -0.256. The van der Waals surface area contributed by atoms with Gasteiger partial charge in [-0.25, -0.2) is 0 Å². The van der Waals surface area contributed by atoms with E-state index in [1.54, 1.807) is 0 Å². The van der Waals surface area contributed by atoms with Gasteiger partial charge in [0, 0.05) is 0 Å². The third-order valence-electron chi connectivity index (χ3n) is 0.281. The van der Waals surface area contributed by atoms with Crippen LogP contribution in [-0.2, 0) is 18.0 Å². The predicted molar refractivity (Wildman–Crippen MR) is 19.2 cm³/mol. The molecule has 1 rings (SSSR count). The first-order chi connectivity index (χ1) is 2.21. The van der Waals surface area contributed by atoms with Gasteiger partial charge in [0.05, 0.1) is 0 Å². The van der Waals surface area contributed by atoms with Crippen LogP contribution in [0.25, 0.3) is 0 Å². The van der Waals surface area contributed by atoms with Crippen molar-refractivity contribution in [3.8, 4) is 0 Å². The summed E-state index contributed by atoms with van der Waals surface area (Å²) < 4.78 is -0.256. The molecule has 0 saturated carbocycles. The van der Waals surface area contributed by atoms with Gasteiger partial charge in [0.2, 0.25) is 0 Å². The first kappa shape index (κ1) is 4.40. The molecule has 1 aliphatic heterocycles. The minimum absolute atomic E-state index is 0.256. The summed E-state index contributed by atoms with van der Waals surface area (Å²) in [6.45, 7) is 0. The monoisotopic (exact) mass is 202 g/mol. The van der Waals surface area contributed by atoms with Gasteiger partial charge in [-0.15, -0.1) is 0 Å². The maximum atomic E-state index is 5.43. The van der Waals surface area contributed by atoms with Gasteiger partial charge >= 0.3 is 48.9 Å². The van der Waals surface area contributed by atoms with E-state index in [2.05, 4.69) is 0 Å². The Labute approximate surface area is 49.0 Å². The average Bonchev–Trinajstić information content (AvgIpc) is 1.76. The van der Waals surface area contributed by atoms with Gasteiger partial charge in [-0.1, -0.05) is 0 Å². The molecule has 0 unspecified atom stereocenters. The zero-order valence-electron chi connectivity index (χ0n) is 2.28. The quantitative estimate of drug-likeness (QED) is 0.415. The molecule has 1 fully saturated rings. The van der Waals surface area contributed by atoms with E-state index in [1.807, 2.05) is 0 Å². The Balaban J connectivity index is 2.38. The molecule has 0 N–H and O–H groups in total. The molecule has 34 valence electrons. The third-order valence-corrected chi connectivity index (χ3v) is 3.66. The Morgan fingerprint density at radius 3 is 1.80 bits per heavy atom. The summed E-state index contributed by atoms with van der Waals surface area (Å²) in [4.78, 5) is 1.03. The van der Waals surface area contributed by atoms with Gasteiger partial charge in [-0.2, -0.15) is 0 Å². The van der Waals surface area contributed by atoms with E-state index in [9.17, 15) is 0 Å². The topological polar surface area (TPSA) is 0 Å². The van der Waals surface area contributed by atoms with Crippen LogP contribution in [0, 0.1) is 0 Å². The Morgan fingerprint density at radius 2 is 1.80 bits per heavy atom. The summed E-state index contributed by atoms with van der Waals surface area (Å²) in [6, 6.07) is 0. The molecule has 0 bridgehead atoms. The van der Waals surface area contributed by atoms with Crippen LogP contribution in [0.2, 0.25) is 4.89 Å². The Hall–Kier alpha value is 1.24. The summed E-state index contributed by atoms with van der Waals surface area (Å²) in [6.07, 6.45) is 0. The van der Waals surface area contributed by atoms with Gasteiger partial charge in [-0.3, -0.25) is 0 Å². The van der Waals surface area contributed by atoms with Crippen molar-refractivity contribution in [2.75, 3.05) is 0 Å². The Bertz CT molecular complexity index is 45.6. The van der Waals surface area contributed by atoms with Crippen LogP contribution in [0.3, 0.4) is 0 Å². The van der Waals surface area contributed by atoms with Crippen molar-refractivity contribution >= 4 is 23.2 Å². The van der Waals surface area contributed by atoms with Crippen molar-refractivity contribution in [1.29, 1.82) is 0 Å². The van der Waals surface area contributed by atoms with Gasteiger partial charge in [0.15, 0.2) is 0 Å². The van der Waals surface area contributed by atoms with E-state index >= 15 is 0 Å². The fourth-order valence-electron chi connectivity index (χ4n) is 0.0423. The van der Waals surface area contributed by atoms with Crippen molar-refractivity contribution in [1.82, 2.24) is 0 Å². The van der Waals surface area contributed by atoms with Gasteiger partial charge in [-0.05, 0) is 0 Å². The van der Waals surface area contributed by atoms with Crippen LogP contribution < -0.4 is 0 Å². The van der Waals surface area contributed by atoms with Crippen LogP contribution >= 0.6 is 23.2 Å². The molecule has 0 atom stereocenters. The number of alkyl halides is 2. The number of rotatable bonds is 0. The van der Waals surface area contributed by atoms with E-state index in [0.29, 0.717) is 18.0 Å². The van der Waals surface area contributed by atoms with Crippen molar-refractivity contribution in [2.45, 2.75) is 7.70 Å². The first-order valence-electron chi connectivity index (χ1n) is 1.11. The van der Waals surface area contributed by atoms with E-state index in [1.165, 1.54) is 0 Å². The molecule has 0 amide bonds. The molecule has 0 aromatic rings. The van der Waals surface area contributed by atoms with Crippen LogP contribution in [0.4, 0.5) is 0 Å². The zero-order chi connectivity index (χ0) is 3.91. The molecule has 0 aliphatic carbocycles. The molecular formula is C2H2Cl2Pd. The molecule has 1 aliphatic rings. The fraction of sp³-hybridized carbons (Fsp3) is 1.00. The summed E-state index contributed by atoms with van der Waals surface area (Å²) in [5.41, 5.74) is 0. The molecule has 1 saturated heterocycles. The average molecular weight is 203 g/mol. The number of halogens is 2. The molecule has 0 nitrogen and oxygen atoms in total. The van der Waals surface area contributed by atoms with Gasteiger partial charge in [0.1, 0.15) is 0 Å². The standard InChI is InChI=1S/C2H2Cl2.Pd/c1-2(3)4;/h1H2;. The molecule has 0 spiro atoms. The second kappa shape index (κ2) is 1.10. The third kappa shape index (κ3) is 1.41. The van der Waals surface area contributed by atoms with E-state index in [-0.39, 0.29) is 2.81 Å². The van der Waals surface area contributed by atoms with Crippen LogP contribution in [0.5, 0.6) is 0 Å². The molecule has 0 aromatic carbocycles. The molecular weight excluding hydrogens is 201 g/mol. The zero-order valence-corrected chi connectivity index (χ0v) is 5.35. The molecule has 0 radical (unpaired) electrons. The SMILES string of the molecule is Cl[C]1(Cl)[CH2][Pd]1. The molecule has 3 heteroatoms. The van der Waals surface area contributed by atoms with Crippen LogP contribution in [-0.4, -0.2) is 2.81 Å². The second-order valence-electron chi connectivity index (χ2n) is 0.794. The first-order valence-corrected chi connectivity index (χ1v) is 3.75.